The number of nitrogens with zero attached hydrogens (tertiary/aromatic N) is 3. The van der Waals surface area contributed by atoms with Crippen molar-refractivity contribution in [2.75, 3.05) is 20.0 Å². The minimum atomic E-state index is 0.0188. The molecule has 0 N–H and O–H groups in total. The highest BCUT2D eigenvalue weighted by Gasteiger charge is 2.28. The lowest BCUT2D eigenvalue weighted by Gasteiger charge is -2.16. The summed E-state index contributed by atoms with van der Waals surface area (Å²) in [5.74, 6) is 1.92. The predicted octanol–water partition coefficient (Wildman–Crippen LogP) is 3.93. The van der Waals surface area contributed by atoms with Crippen LogP contribution in [0.1, 0.15) is 11.1 Å². The second kappa shape index (κ2) is 9.05. The van der Waals surface area contributed by atoms with E-state index in [0.29, 0.717) is 17.5 Å². The Kier molecular flexibility index (Phi) is 6.52. The predicted molar refractivity (Wildman–Crippen MR) is 112 cm³/mol. The van der Waals surface area contributed by atoms with E-state index in [4.69, 9.17) is 9.47 Å². The van der Waals surface area contributed by atoms with Crippen LogP contribution in [-0.2, 0) is 11.3 Å². The molecule has 8 heteroatoms. The van der Waals surface area contributed by atoms with Gasteiger partial charge < -0.3 is 9.47 Å². The first-order valence-corrected chi connectivity index (χ1v) is 9.89. The number of halogens is 1. The number of hydrogen-bond acceptors (Lipinski definition) is 6. The summed E-state index contributed by atoms with van der Waals surface area (Å²) in [5, 5.41) is 8.95. The Balaban J connectivity index is 1.72. The van der Waals surface area contributed by atoms with Gasteiger partial charge in [-0.3, -0.25) is 9.69 Å². The Bertz CT molecular complexity index is 884. The molecule has 1 aliphatic heterocycles. The van der Waals surface area contributed by atoms with Crippen molar-refractivity contribution in [1.29, 1.82) is 0 Å². The van der Waals surface area contributed by atoms with Crippen LogP contribution in [0.4, 0.5) is 0 Å². The van der Waals surface area contributed by atoms with Crippen molar-refractivity contribution < 1.29 is 14.3 Å². The third kappa shape index (κ3) is 4.90. The van der Waals surface area contributed by atoms with E-state index >= 15 is 0 Å². The summed E-state index contributed by atoms with van der Waals surface area (Å²) >= 11 is 4.86. The van der Waals surface area contributed by atoms with Crippen molar-refractivity contribution in [2.45, 2.75) is 6.54 Å². The number of carbonyl (C=O) groups is 1. The maximum atomic E-state index is 12.2. The summed E-state index contributed by atoms with van der Waals surface area (Å²) < 4.78 is 11.2. The van der Waals surface area contributed by atoms with E-state index in [1.54, 1.807) is 25.3 Å². The first-order chi connectivity index (χ1) is 13.1. The number of amidine groups is 1. The van der Waals surface area contributed by atoms with E-state index in [1.807, 2.05) is 42.5 Å². The van der Waals surface area contributed by atoms with Gasteiger partial charge in [-0.2, -0.15) is 5.10 Å². The highest BCUT2D eigenvalue weighted by molar-refractivity contribution is 9.10. The summed E-state index contributed by atoms with van der Waals surface area (Å²) in [7, 11) is 3.24. The number of methoxy groups -OCH3 is 2. The molecule has 6 nitrogen and oxygen atoms in total. The third-order valence-electron chi connectivity index (χ3n) is 3.88. The zero-order chi connectivity index (χ0) is 19.2. The zero-order valence-electron chi connectivity index (χ0n) is 14.9. The maximum Gasteiger partial charge on any atom is 0.239 e. The third-order valence-corrected chi connectivity index (χ3v) is 5.45. The number of benzene rings is 2. The lowest BCUT2D eigenvalue weighted by Crippen LogP contribution is -2.28. The van der Waals surface area contributed by atoms with Gasteiger partial charge >= 0.3 is 0 Å². The molecule has 1 heterocycles. The van der Waals surface area contributed by atoms with Gasteiger partial charge in [-0.05, 0) is 63.5 Å². The van der Waals surface area contributed by atoms with Crippen molar-refractivity contribution >= 4 is 45.0 Å². The Morgan fingerprint density at radius 1 is 1.19 bits per heavy atom. The maximum absolute atomic E-state index is 12.2. The van der Waals surface area contributed by atoms with Gasteiger partial charge in [-0.1, -0.05) is 17.8 Å². The van der Waals surface area contributed by atoms with Crippen LogP contribution in [0.25, 0.3) is 0 Å². The number of hydrogen-bond donors (Lipinski definition) is 0. The van der Waals surface area contributed by atoms with Gasteiger partial charge in [-0.15, -0.1) is 5.10 Å². The van der Waals surface area contributed by atoms with Gasteiger partial charge in [0.1, 0.15) is 11.5 Å². The molecule has 2 aromatic rings. The highest BCUT2D eigenvalue weighted by Crippen LogP contribution is 2.28. The molecule has 0 aliphatic carbocycles. The lowest BCUT2D eigenvalue weighted by atomic mass is 10.2. The molecule has 1 fully saturated rings. The second-order valence-corrected chi connectivity index (χ2v) is 7.43. The molecule has 0 bridgehead atoms. The van der Waals surface area contributed by atoms with Gasteiger partial charge in [0.15, 0.2) is 5.17 Å². The molecular weight excluding hydrogens is 430 g/mol. The quantitative estimate of drug-likeness (QED) is 0.496. The summed E-state index contributed by atoms with van der Waals surface area (Å²) in [6.45, 7) is 0.436. The minimum Gasteiger partial charge on any atom is -0.497 e. The van der Waals surface area contributed by atoms with Crippen LogP contribution in [0.5, 0.6) is 11.5 Å². The van der Waals surface area contributed by atoms with Crippen molar-refractivity contribution in [3.8, 4) is 11.5 Å². The smallest absolute Gasteiger partial charge is 0.239 e. The van der Waals surface area contributed by atoms with Crippen LogP contribution >= 0.6 is 27.7 Å². The van der Waals surface area contributed by atoms with Crippen LogP contribution in [0.3, 0.4) is 0 Å². The molecule has 0 unspecified atom stereocenters. The first-order valence-electron chi connectivity index (χ1n) is 8.11. The fourth-order valence-electron chi connectivity index (χ4n) is 2.45. The number of carbonyl (C=O) groups excluding carboxylic acids is 1. The van der Waals surface area contributed by atoms with Crippen molar-refractivity contribution in [3.05, 3.63) is 58.1 Å². The standard InChI is InChI=1S/C19H18BrN3O3S/c1-25-15-6-3-13(4-7-15)10-21-22-19-23(18(24)12-27-19)11-14-5-8-17(26-2)16(20)9-14/h3-10H,11-12H2,1-2H3/b21-10-,22-19-. The average molecular weight is 448 g/mol. The molecule has 1 aliphatic rings. The van der Waals surface area contributed by atoms with Crippen LogP contribution in [0.2, 0.25) is 0 Å². The topological polar surface area (TPSA) is 63.5 Å². The molecule has 0 spiro atoms. The Morgan fingerprint density at radius 3 is 2.63 bits per heavy atom. The molecule has 2 aromatic carbocycles. The Morgan fingerprint density at radius 2 is 1.96 bits per heavy atom. The number of amides is 1. The van der Waals surface area contributed by atoms with Crippen LogP contribution in [-0.4, -0.2) is 42.2 Å². The average Bonchev–Trinajstić information content (AvgIpc) is 3.02. The normalized spacial score (nSPS) is 15.7. The Hall–Kier alpha value is -2.32. The molecule has 1 saturated heterocycles. The van der Waals surface area contributed by atoms with E-state index in [9.17, 15) is 4.79 Å². The molecule has 1 amide bonds. The SMILES string of the molecule is COc1ccc(/C=N\N=C2/SCC(=O)N2Cc2ccc(OC)c(Br)c2)cc1. The molecule has 0 aromatic heterocycles. The van der Waals surface area contributed by atoms with Gasteiger partial charge in [0.2, 0.25) is 5.91 Å². The van der Waals surface area contributed by atoms with Crippen molar-refractivity contribution in [3.63, 3.8) is 0 Å². The number of rotatable bonds is 6. The van der Waals surface area contributed by atoms with Gasteiger partial charge in [0.05, 0.1) is 37.2 Å². The second-order valence-electron chi connectivity index (χ2n) is 5.64. The monoisotopic (exact) mass is 447 g/mol. The van der Waals surface area contributed by atoms with E-state index in [1.165, 1.54) is 11.8 Å². The van der Waals surface area contributed by atoms with Gasteiger partial charge in [-0.25, -0.2) is 0 Å². The van der Waals surface area contributed by atoms with Crippen molar-refractivity contribution in [1.82, 2.24) is 4.90 Å². The minimum absolute atomic E-state index is 0.0188. The largest absolute Gasteiger partial charge is 0.497 e. The van der Waals surface area contributed by atoms with E-state index in [-0.39, 0.29) is 5.91 Å². The summed E-state index contributed by atoms with van der Waals surface area (Å²) in [6.07, 6.45) is 1.65. The van der Waals surface area contributed by atoms with E-state index < -0.39 is 0 Å². The van der Waals surface area contributed by atoms with Crippen LogP contribution in [0, 0.1) is 0 Å². The fraction of sp³-hybridized carbons (Fsp3) is 0.211. The van der Waals surface area contributed by atoms with Gasteiger partial charge in [0, 0.05) is 0 Å². The molecule has 3 rings (SSSR count). The van der Waals surface area contributed by atoms with Gasteiger partial charge in [0.25, 0.3) is 0 Å². The van der Waals surface area contributed by atoms with Crippen LogP contribution < -0.4 is 9.47 Å². The molecule has 140 valence electrons. The molecule has 0 saturated carbocycles. The molecule has 0 radical (unpaired) electrons. The Labute approximate surface area is 170 Å². The fourth-order valence-corrected chi connectivity index (χ4v) is 3.88. The number of thioether (sulfide) groups is 1. The van der Waals surface area contributed by atoms with E-state index in [0.717, 1.165) is 27.1 Å². The summed E-state index contributed by atoms with van der Waals surface area (Å²) in [6, 6.07) is 13.2. The molecule has 27 heavy (non-hydrogen) atoms. The zero-order valence-corrected chi connectivity index (χ0v) is 17.3. The summed E-state index contributed by atoms with van der Waals surface area (Å²) in [5.41, 5.74) is 1.88. The molecule has 0 atom stereocenters. The highest BCUT2D eigenvalue weighted by atomic mass is 79.9. The first kappa shape index (κ1) is 19.4. The van der Waals surface area contributed by atoms with Crippen LogP contribution in [0.15, 0.2) is 57.1 Å². The number of ether oxygens (including phenoxy) is 2. The van der Waals surface area contributed by atoms with E-state index in [2.05, 4.69) is 26.1 Å². The van der Waals surface area contributed by atoms with Crippen molar-refractivity contribution in [2.24, 2.45) is 10.2 Å². The molecular formula is C19H18BrN3O3S. The summed E-state index contributed by atoms with van der Waals surface area (Å²) in [4.78, 5) is 13.9. The lowest BCUT2D eigenvalue weighted by molar-refractivity contribution is -0.124.